The summed E-state index contributed by atoms with van der Waals surface area (Å²) in [6.07, 6.45) is 1.42. The van der Waals surface area contributed by atoms with E-state index in [1.165, 1.54) is 6.33 Å². The lowest BCUT2D eigenvalue weighted by atomic mass is 10.1. The molecule has 0 radical (unpaired) electrons. The van der Waals surface area contributed by atoms with Gasteiger partial charge in [-0.3, -0.25) is 0 Å². The molecule has 0 amide bonds. The fraction of sp³-hybridized carbons (Fsp3) is 0.0769. The third kappa shape index (κ3) is 1.68. The maximum atomic E-state index is 8.80. The van der Waals surface area contributed by atoms with Gasteiger partial charge in [-0.15, -0.1) is 0 Å². The number of nitrogen functional groups attached to an aromatic ring is 1. The number of anilines is 1. The number of benzene rings is 1. The van der Waals surface area contributed by atoms with E-state index in [2.05, 4.69) is 21.0 Å². The van der Waals surface area contributed by atoms with Gasteiger partial charge in [0.25, 0.3) is 0 Å². The number of imidazole rings is 1. The highest BCUT2D eigenvalue weighted by Crippen LogP contribution is 2.24. The van der Waals surface area contributed by atoms with E-state index >= 15 is 0 Å². The van der Waals surface area contributed by atoms with Crippen molar-refractivity contribution in [1.82, 2.24) is 19.5 Å². The smallest absolute Gasteiger partial charge is 0.165 e. The molecule has 2 heterocycles. The zero-order valence-corrected chi connectivity index (χ0v) is 10.2. The number of nitriles is 1. The standard InChI is InChI=1S/C13H10N6/c1-19-12(9-4-2-8(6-14)3-5-9)18-10-11(15)16-7-17-13(10)19/h2-5,7H,1H3,(H2,15,16,17). The van der Waals surface area contributed by atoms with Crippen LogP contribution in [0.1, 0.15) is 5.56 Å². The lowest BCUT2D eigenvalue weighted by Crippen LogP contribution is -1.95. The van der Waals surface area contributed by atoms with E-state index in [1.54, 1.807) is 12.1 Å². The molecule has 6 heteroatoms. The number of hydrogen-bond acceptors (Lipinski definition) is 5. The molecule has 0 aliphatic heterocycles. The lowest BCUT2D eigenvalue weighted by Gasteiger charge is -2.01. The van der Waals surface area contributed by atoms with Crippen LogP contribution in [0.2, 0.25) is 0 Å². The van der Waals surface area contributed by atoms with Gasteiger partial charge in [-0.05, 0) is 24.3 Å². The number of aromatic nitrogens is 4. The van der Waals surface area contributed by atoms with Crippen molar-refractivity contribution in [3.8, 4) is 17.5 Å². The Kier molecular flexibility index (Phi) is 2.39. The van der Waals surface area contributed by atoms with Gasteiger partial charge in [-0.2, -0.15) is 5.26 Å². The first-order valence-electron chi connectivity index (χ1n) is 5.64. The highest BCUT2D eigenvalue weighted by atomic mass is 15.1. The van der Waals surface area contributed by atoms with Crippen molar-refractivity contribution in [3.63, 3.8) is 0 Å². The molecule has 1 aromatic carbocycles. The first-order chi connectivity index (χ1) is 9.20. The number of fused-ring (bicyclic) bond motifs is 1. The molecule has 0 atom stereocenters. The second-order valence-electron chi connectivity index (χ2n) is 4.11. The van der Waals surface area contributed by atoms with Gasteiger partial charge in [0.1, 0.15) is 12.2 Å². The van der Waals surface area contributed by atoms with Crippen molar-refractivity contribution in [3.05, 3.63) is 36.2 Å². The maximum Gasteiger partial charge on any atom is 0.165 e. The van der Waals surface area contributed by atoms with Crippen LogP contribution >= 0.6 is 0 Å². The predicted octanol–water partition coefficient (Wildman–Crippen LogP) is 1.48. The Labute approximate surface area is 109 Å². The summed E-state index contributed by atoms with van der Waals surface area (Å²) in [5.74, 6) is 1.10. The van der Waals surface area contributed by atoms with Crippen molar-refractivity contribution in [2.75, 3.05) is 5.73 Å². The Hall–Kier alpha value is -2.94. The van der Waals surface area contributed by atoms with Gasteiger partial charge in [0, 0.05) is 12.6 Å². The minimum Gasteiger partial charge on any atom is -0.382 e. The minimum atomic E-state index is 0.362. The summed E-state index contributed by atoms with van der Waals surface area (Å²) in [5.41, 5.74) is 8.58. The van der Waals surface area contributed by atoms with Crippen LogP contribution in [0.4, 0.5) is 5.82 Å². The average molecular weight is 250 g/mol. The first kappa shape index (κ1) is 11.2. The van der Waals surface area contributed by atoms with Crippen molar-refractivity contribution >= 4 is 17.0 Å². The average Bonchev–Trinajstić information content (AvgIpc) is 2.78. The number of rotatable bonds is 1. The van der Waals surface area contributed by atoms with Crippen molar-refractivity contribution < 1.29 is 0 Å². The number of nitrogens with zero attached hydrogens (tertiary/aromatic N) is 5. The molecule has 0 spiro atoms. The Morgan fingerprint density at radius 1 is 1.21 bits per heavy atom. The Morgan fingerprint density at radius 2 is 1.95 bits per heavy atom. The first-order valence-corrected chi connectivity index (χ1v) is 5.64. The molecular weight excluding hydrogens is 240 g/mol. The quantitative estimate of drug-likeness (QED) is 0.706. The van der Waals surface area contributed by atoms with Gasteiger partial charge in [-0.25, -0.2) is 15.0 Å². The predicted molar refractivity (Wildman–Crippen MR) is 70.9 cm³/mol. The summed E-state index contributed by atoms with van der Waals surface area (Å²) in [4.78, 5) is 12.6. The number of hydrogen-bond donors (Lipinski definition) is 1. The van der Waals surface area contributed by atoms with Crippen LogP contribution < -0.4 is 5.73 Å². The third-order valence-corrected chi connectivity index (χ3v) is 2.96. The highest BCUT2D eigenvalue weighted by Gasteiger charge is 2.13. The SMILES string of the molecule is Cn1c(-c2ccc(C#N)cc2)nc2c(N)ncnc21. The molecule has 0 unspecified atom stereocenters. The molecule has 0 aliphatic carbocycles. The van der Waals surface area contributed by atoms with E-state index in [-0.39, 0.29) is 0 Å². The van der Waals surface area contributed by atoms with Gasteiger partial charge in [0.15, 0.2) is 17.0 Å². The molecule has 19 heavy (non-hydrogen) atoms. The molecule has 2 aromatic heterocycles. The minimum absolute atomic E-state index is 0.362. The molecule has 0 saturated heterocycles. The third-order valence-electron chi connectivity index (χ3n) is 2.96. The van der Waals surface area contributed by atoms with Crippen LogP contribution in [0.3, 0.4) is 0 Å². The summed E-state index contributed by atoms with van der Waals surface area (Å²) in [5, 5.41) is 8.80. The largest absolute Gasteiger partial charge is 0.382 e. The number of aryl methyl sites for hydroxylation is 1. The summed E-state index contributed by atoms with van der Waals surface area (Å²) < 4.78 is 1.86. The topological polar surface area (TPSA) is 93.4 Å². The zero-order chi connectivity index (χ0) is 13.4. The molecule has 6 nitrogen and oxygen atoms in total. The van der Waals surface area contributed by atoms with Crippen LogP contribution in [0, 0.1) is 11.3 Å². The van der Waals surface area contributed by atoms with E-state index in [0.29, 0.717) is 22.5 Å². The van der Waals surface area contributed by atoms with Crippen LogP contribution in [0.25, 0.3) is 22.6 Å². The molecule has 2 N–H and O–H groups in total. The second-order valence-corrected chi connectivity index (χ2v) is 4.11. The van der Waals surface area contributed by atoms with Crippen LogP contribution in [-0.4, -0.2) is 19.5 Å². The van der Waals surface area contributed by atoms with E-state index in [4.69, 9.17) is 11.0 Å². The van der Waals surface area contributed by atoms with Crippen molar-refractivity contribution in [2.24, 2.45) is 7.05 Å². The maximum absolute atomic E-state index is 8.80. The Morgan fingerprint density at radius 3 is 2.58 bits per heavy atom. The van der Waals surface area contributed by atoms with Crippen LogP contribution in [0.15, 0.2) is 30.6 Å². The highest BCUT2D eigenvalue weighted by molar-refractivity contribution is 5.85. The normalized spacial score (nSPS) is 10.5. The van der Waals surface area contributed by atoms with E-state index in [0.717, 1.165) is 11.4 Å². The van der Waals surface area contributed by atoms with E-state index < -0.39 is 0 Å². The fourth-order valence-electron chi connectivity index (χ4n) is 1.97. The van der Waals surface area contributed by atoms with Gasteiger partial charge in [0.05, 0.1) is 11.6 Å². The fourth-order valence-corrected chi connectivity index (χ4v) is 1.97. The van der Waals surface area contributed by atoms with Gasteiger partial charge >= 0.3 is 0 Å². The van der Waals surface area contributed by atoms with Crippen LogP contribution in [0.5, 0.6) is 0 Å². The molecule has 3 rings (SSSR count). The van der Waals surface area contributed by atoms with E-state index in [1.807, 2.05) is 23.7 Å². The molecule has 3 aromatic rings. The lowest BCUT2D eigenvalue weighted by molar-refractivity contribution is 0.939. The Bertz CT molecular complexity index is 794. The monoisotopic (exact) mass is 250 g/mol. The van der Waals surface area contributed by atoms with Crippen LogP contribution in [-0.2, 0) is 7.05 Å². The molecule has 0 saturated carbocycles. The number of nitrogens with two attached hydrogens (primary N) is 1. The molecule has 0 bridgehead atoms. The van der Waals surface area contributed by atoms with Gasteiger partial charge in [0.2, 0.25) is 0 Å². The molecule has 0 fully saturated rings. The summed E-state index contributed by atoms with van der Waals surface area (Å²) in [6.45, 7) is 0. The Balaban J connectivity index is 2.22. The molecule has 0 aliphatic rings. The summed E-state index contributed by atoms with van der Waals surface area (Å²) in [7, 11) is 1.87. The zero-order valence-electron chi connectivity index (χ0n) is 10.2. The second kappa shape index (κ2) is 4.07. The summed E-state index contributed by atoms with van der Waals surface area (Å²) >= 11 is 0. The molecular formula is C13H10N6. The van der Waals surface area contributed by atoms with Crippen molar-refractivity contribution in [2.45, 2.75) is 0 Å². The van der Waals surface area contributed by atoms with E-state index in [9.17, 15) is 0 Å². The summed E-state index contributed by atoms with van der Waals surface area (Å²) in [6, 6.07) is 9.29. The van der Waals surface area contributed by atoms with Gasteiger partial charge in [-0.1, -0.05) is 0 Å². The van der Waals surface area contributed by atoms with Gasteiger partial charge < -0.3 is 10.3 Å². The van der Waals surface area contributed by atoms with Crippen molar-refractivity contribution in [1.29, 1.82) is 5.26 Å². The molecule has 92 valence electrons.